The Kier molecular flexibility index (Phi) is 4.86. The molecule has 26 heavy (non-hydrogen) atoms. The van der Waals surface area contributed by atoms with Crippen LogP contribution in [0.3, 0.4) is 0 Å². The van der Waals surface area contributed by atoms with E-state index in [1.165, 1.54) is 0 Å². The number of carbonyl (C=O) groups excluding carboxylic acids is 1. The molecule has 0 saturated carbocycles. The van der Waals surface area contributed by atoms with Gasteiger partial charge in [0.1, 0.15) is 5.02 Å². The van der Waals surface area contributed by atoms with E-state index in [0.29, 0.717) is 28.3 Å². The highest BCUT2D eigenvalue weighted by molar-refractivity contribution is 6.36. The Morgan fingerprint density at radius 3 is 3.00 bits per heavy atom. The minimum Gasteiger partial charge on any atom is -0.383 e. The number of piperidine rings is 1. The lowest BCUT2D eigenvalue weighted by Gasteiger charge is -2.35. The molecule has 7 nitrogen and oxygen atoms in total. The number of hydrogen-bond acceptors (Lipinski definition) is 5. The molecule has 3 fully saturated rings. The molecule has 140 valence electrons. The van der Waals surface area contributed by atoms with Gasteiger partial charge in [-0.3, -0.25) is 9.69 Å². The summed E-state index contributed by atoms with van der Waals surface area (Å²) in [6.45, 7) is 6.08. The van der Waals surface area contributed by atoms with Gasteiger partial charge < -0.3 is 9.64 Å². The maximum atomic E-state index is 13.2. The van der Waals surface area contributed by atoms with Gasteiger partial charge in [0.05, 0.1) is 6.61 Å². The van der Waals surface area contributed by atoms with Gasteiger partial charge in [-0.15, -0.1) is 0 Å². The molecule has 0 spiro atoms. The Hall–Kier alpha value is -1.70. The largest absolute Gasteiger partial charge is 0.383 e. The average Bonchev–Trinajstić information content (AvgIpc) is 2.79. The van der Waals surface area contributed by atoms with Crippen molar-refractivity contribution in [1.82, 2.24) is 24.4 Å². The predicted molar refractivity (Wildman–Crippen MR) is 98.6 cm³/mol. The van der Waals surface area contributed by atoms with Crippen LogP contribution in [0.2, 0.25) is 5.02 Å². The number of aromatic nitrogens is 3. The van der Waals surface area contributed by atoms with Gasteiger partial charge in [0.15, 0.2) is 11.3 Å². The minimum atomic E-state index is -0.0938. The molecule has 2 atom stereocenters. The number of rotatable bonds is 4. The third kappa shape index (κ3) is 3.19. The SMILES string of the molecule is COCCN1C[C@H]2CC[C@@H]1CN(C(=O)c1nn3cc(C)cnc3c1Cl)C2. The summed E-state index contributed by atoms with van der Waals surface area (Å²) in [4.78, 5) is 21.9. The predicted octanol–water partition coefficient (Wildman–Crippen LogP) is 1.87. The van der Waals surface area contributed by atoms with E-state index in [1.807, 2.05) is 18.0 Å². The van der Waals surface area contributed by atoms with Gasteiger partial charge in [-0.1, -0.05) is 11.6 Å². The van der Waals surface area contributed by atoms with Crippen molar-refractivity contribution < 1.29 is 9.53 Å². The van der Waals surface area contributed by atoms with Gasteiger partial charge in [-0.25, -0.2) is 9.50 Å². The lowest BCUT2D eigenvalue weighted by atomic mass is 9.95. The van der Waals surface area contributed by atoms with Crippen molar-refractivity contribution in [3.05, 3.63) is 28.7 Å². The molecule has 2 bridgehead atoms. The van der Waals surface area contributed by atoms with E-state index in [4.69, 9.17) is 16.3 Å². The van der Waals surface area contributed by atoms with E-state index in [1.54, 1.807) is 17.8 Å². The van der Waals surface area contributed by atoms with E-state index < -0.39 is 0 Å². The van der Waals surface area contributed by atoms with Gasteiger partial charge in [0.25, 0.3) is 5.91 Å². The number of amides is 1. The number of ether oxygens (including phenoxy) is 1. The van der Waals surface area contributed by atoms with Crippen LogP contribution in [0.4, 0.5) is 0 Å². The van der Waals surface area contributed by atoms with E-state index in [-0.39, 0.29) is 5.91 Å². The highest BCUT2D eigenvalue weighted by Gasteiger charge is 2.37. The number of fused-ring (bicyclic) bond motifs is 5. The molecule has 0 aromatic carbocycles. The summed E-state index contributed by atoms with van der Waals surface area (Å²) in [6.07, 6.45) is 5.86. The molecular formula is C18H24ClN5O2. The van der Waals surface area contributed by atoms with Crippen LogP contribution < -0.4 is 0 Å². The molecule has 0 N–H and O–H groups in total. The number of carbonyl (C=O) groups is 1. The summed E-state index contributed by atoms with van der Waals surface area (Å²) < 4.78 is 6.84. The van der Waals surface area contributed by atoms with Crippen molar-refractivity contribution in [2.24, 2.45) is 5.92 Å². The van der Waals surface area contributed by atoms with Gasteiger partial charge >= 0.3 is 0 Å². The van der Waals surface area contributed by atoms with Gasteiger partial charge in [-0.05, 0) is 31.2 Å². The molecule has 8 heteroatoms. The van der Waals surface area contributed by atoms with Crippen LogP contribution in [0.25, 0.3) is 5.65 Å². The second-order valence-corrected chi connectivity index (χ2v) is 7.74. The molecule has 0 unspecified atom stereocenters. The van der Waals surface area contributed by atoms with E-state index in [9.17, 15) is 4.79 Å². The quantitative estimate of drug-likeness (QED) is 0.814. The third-order valence-corrected chi connectivity index (χ3v) is 5.79. The lowest BCUT2D eigenvalue weighted by Crippen LogP contribution is -2.45. The van der Waals surface area contributed by atoms with E-state index in [2.05, 4.69) is 15.0 Å². The van der Waals surface area contributed by atoms with Gasteiger partial charge in [-0.2, -0.15) is 5.10 Å². The fourth-order valence-corrected chi connectivity index (χ4v) is 4.37. The summed E-state index contributed by atoms with van der Waals surface area (Å²) >= 11 is 6.43. The second-order valence-electron chi connectivity index (χ2n) is 7.36. The van der Waals surface area contributed by atoms with Crippen LogP contribution in [-0.4, -0.2) is 76.2 Å². The monoisotopic (exact) mass is 377 g/mol. The molecule has 5 heterocycles. The van der Waals surface area contributed by atoms with Gasteiger partial charge in [0, 0.05) is 51.7 Å². The molecule has 3 aliphatic rings. The molecule has 3 saturated heterocycles. The summed E-state index contributed by atoms with van der Waals surface area (Å²) in [7, 11) is 1.73. The van der Waals surface area contributed by atoms with Crippen LogP contribution in [0.15, 0.2) is 12.4 Å². The van der Waals surface area contributed by atoms with Crippen molar-refractivity contribution in [1.29, 1.82) is 0 Å². The Morgan fingerprint density at radius 2 is 2.19 bits per heavy atom. The van der Waals surface area contributed by atoms with Crippen LogP contribution in [0, 0.1) is 12.8 Å². The number of halogens is 1. The van der Waals surface area contributed by atoms with Gasteiger partial charge in [0.2, 0.25) is 0 Å². The average molecular weight is 378 g/mol. The summed E-state index contributed by atoms with van der Waals surface area (Å²) in [5, 5.41) is 4.75. The zero-order valence-electron chi connectivity index (χ0n) is 15.2. The van der Waals surface area contributed by atoms with Crippen molar-refractivity contribution in [2.45, 2.75) is 25.8 Å². The zero-order valence-corrected chi connectivity index (χ0v) is 15.9. The first-order chi connectivity index (χ1) is 12.6. The fraction of sp³-hybridized carbons (Fsp3) is 0.611. The lowest BCUT2D eigenvalue weighted by molar-refractivity contribution is 0.0712. The molecule has 2 aromatic heterocycles. The first-order valence-electron chi connectivity index (χ1n) is 9.09. The Morgan fingerprint density at radius 1 is 1.35 bits per heavy atom. The van der Waals surface area contributed by atoms with Crippen molar-refractivity contribution in [2.75, 3.05) is 39.9 Å². The second kappa shape index (κ2) is 7.13. The third-order valence-electron chi connectivity index (χ3n) is 5.44. The molecule has 0 aliphatic carbocycles. The minimum absolute atomic E-state index is 0.0938. The standard InChI is InChI=1S/C18H24ClN5O2/c1-12-7-20-17-15(19)16(21-24(17)8-12)18(25)23-10-13-3-4-14(11-23)22(9-13)5-6-26-2/h7-8,13-14H,3-6,9-11H2,1-2H3/t13-,14-/m1/s1. The highest BCUT2D eigenvalue weighted by atomic mass is 35.5. The van der Waals surface area contributed by atoms with Crippen LogP contribution in [0.5, 0.6) is 0 Å². The maximum absolute atomic E-state index is 13.2. The van der Waals surface area contributed by atoms with Crippen molar-refractivity contribution in [3.8, 4) is 0 Å². The first kappa shape index (κ1) is 17.7. The number of nitrogens with zero attached hydrogens (tertiary/aromatic N) is 5. The first-order valence-corrected chi connectivity index (χ1v) is 9.47. The molecule has 3 aliphatic heterocycles. The normalized spacial score (nSPS) is 23.6. The Bertz CT molecular complexity index is 823. The summed E-state index contributed by atoms with van der Waals surface area (Å²) in [5.74, 6) is 0.398. The molecule has 2 aromatic rings. The number of hydrogen-bond donors (Lipinski definition) is 0. The molecule has 0 radical (unpaired) electrons. The van der Waals surface area contributed by atoms with Crippen molar-refractivity contribution >= 4 is 23.2 Å². The van der Waals surface area contributed by atoms with Crippen LogP contribution in [-0.2, 0) is 4.74 Å². The molecule has 1 amide bonds. The maximum Gasteiger partial charge on any atom is 0.276 e. The fourth-order valence-electron chi connectivity index (χ4n) is 4.11. The molecule has 5 rings (SSSR count). The molecular weight excluding hydrogens is 354 g/mol. The number of methoxy groups -OCH3 is 1. The number of aryl methyl sites for hydroxylation is 1. The highest BCUT2D eigenvalue weighted by Crippen LogP contribution is 2.30. The summed E-state index contributed by atoms with van der Waals surface area (Å²) in [5.41, 5.74) is 1.80. The van der Waals surface area contributed by atoms with Crippen LogP contribution >= 0.6 is 11.6 Å². The zero-order chi connectivity index (χ0) is 18.3. The Balaban J connectivity index is 1.58. The summed E-state index contributed by atoms with van der Waals surface area (Å²) in [6, 6.07) is 0.379. The van der Waals surface area contributed by atoms with E-state index in [0.717, 1.165) is 51.2 Å². The van der Waals surface area contributed by atoms with Crippen molar-refractivity contribution in [3.63, 3.8) is 0 Å². The topological polar surface area (TPSA) is 63.0 Å². The van der Waals surface area contributed by atoms with Crippen LogP contribution in [0.1, 0.15) is 28.9 Å². The van der Waals surface area contributed by atoms with E-state index >= 15 is 0 Å². The smallest absolute Gasteiger partial charge is 0.276 e. The Labute approximate surface area is 157 Å².